The van der Waals surface area contributed by atoms with Crippen molar-refractivity contribution < 1.29 is 14.3 Å². The second-order valence-corrected chi connectivity index (χ2v) is 2.80. The molecule has 0 saturated heterocycles. The van der Waals surface area contributed by atoms with Crippen molar-refractivity contribution in [2.75, 3.05) is 13.7 Å². The van der Waals surface area contributed by atoms with Crippen molar-refractivity contribution in [3.63, 3.8) is 0 Å². The number of hydrogen-bond donors (Lipinski definition) is 2. The Kier molecular flexibility index (Phi) is 5.00. The second kappa shape index (κ2) is 6.57. The fourth-order valence-corrected chi connectivity index (χ4v) is 0.969. The van der Waals surface area contributed by atoms with E-state index in [-0.39, 0.29) is 0 Å². The summed E-state index contributed by atoms with van der Waals surface area (Å²) >= 11 is 0. The molecule has 0 atom stereocenters. The minimum absolute atomic E-state index is 0.307. The first-order chi connectivity index (χ1) is 7.76. The van der Waals surface area contributed by atoms with Crippen molar-refractivity contribution in [2.45, 2.75) is 13.5 Å². The second-order valence-electron chi connectivity index (χ2n) is 2.80. The van der Waals surface area contributed by atoms with E-state index >= 15 is 0 Å². The largest absolute Gasteiger partial charge is 0.449 e. The van der Waals surface area contributed by atoms with Gasteiger partial charge in [-0.05, 0) is 6.92 Å². The lowest BCUT2D eigenvalue weighted by Gasteiger charge is -1.97. The third-order valence-electron chi connectivity index (χ3n) is 1.56. The molecule has 0 saturated carbocycles. The highest BCUT2D eigenvalue weighted by molar-refractivity contribution is 5.78. The maximum Gasteiger partial charge on any atom is 0.427 e. The molecule has 16 heavy (non-hydrogen) atoms. The Morgan fingerprint density at radius 3 is 3.25 bits per heavy atom. The lowest BCUT2D eigenvalue weighted by atomic mass is 10.5. The number of ether oxygens (including phenoxy) is 2. The molecule has 2 N–H and O–H groups in total. The van der Waals surface area contributed by atoms with Gasteiger partial charge < -0.3 is 14.5 Å². The number of carbonyl (C=O) groups excluding carboxylic acids is 1. The van der Waals surface area contributed by atoms with Gasteiger partial charge in [0.05, 0.1) is 12.8 Å². The first-order valence-electron chi connectivity index (χ1n) is 4.75. The Labute approximate surface area is 92.9 Å². The van der Waals surface area contributed by atoms with E-state index in [1.807, 2.05) is 0 Å². The molecule has 1 amide bonds. The smallest absolute Gasteiger partial charge is 0.427 e. The zero-order chi connectivity index (χ0) is 11.8. The van der Waals surface area contributed by atoms with Crippen molar-refractivity contribution in [1.82, 2.24) is 15.4 Å². The van der Waals surface area contributed by atoms with Gasteiger partial charge in [0.15, 0.2) is 0 Å². The van der Waals surface area contributed by atoms with Crippen molar-refractivity contribution in [3.8, 4) is 0 Å². The first-order valence-corrected chi connectivity index (χ1v) is 4.75. The molecule has 0 aromatic carbocycles. The molecule has 7 nitrogen and oxygen atoms in total. The molecule has 0 bridgehead atoms. The average molecular weight is 226 g/mol. The molecule has 1 aromatic rings. The number of aromatic nitrogens is 2. The standard InChI is InChI=1S/C9H14N4O3/c1-3-16-9(14)13-11-5-7-4-10-8(12-7)6-15-2/h4-5H,3,6H2,1-2H3,(H,10,12)(H,13,14)/b11-5-. The van der Waals surface area contributed by atoms with Crippen molar-refractivity contribution >= 4 is 12.3 Å². The number of nitrogens with zero attached hydrogens (tertiary/aromatic N) is 2. The zero-order valence-corrected chi connectivity index (χ0v) is 9.19. The van der Waals surface area contributed by atoms with Gasteiger partial charge in [0.25, 0.3) is 0 Å². The number of aromatic amines is 1. The fourth-order valence-electron chi connectivity index (χ4n) is 0.969. The van der Waals surface area contributed by atoms with Crippen LogP contribution >= 0.6 is 0 Å². The summed E-state index contributed by atoms with van der Waals surface area (Å²) in [7, 11) is 1.58. The van der Waals surface area contributed by atoms with Crippen LogP contribution in [0.2, 0.25) is 0 Å². The molecule has 0 spiro atoms. The van der Waals surface area contributed by atoms with Gasteiger partial charge in [-0.15, -0.1) is 0 Å². The molecule has 1 rings (SSSR count). The van der Waals surface area contributed by atoms with Gasteiger partial charge in [-0.3, -0.25) is 0 Å². The SMILES string of the molecule is CCOC(=O)N/N=C\c1c[nH]c(COC)n1. The number of amides is 1. The molecule has 0 unspecified atom stereocenters. The minimum atomic E-state index is -0.591. The number of nitrogens with one attached hydrogen (secondary N) is 2. The van der Waals surface area contributed by atoms with Crippen molar-refractivity contribution in [1.29, 1.82) is 0 Å². The number of rotatable bonds is 5. The summed E-state index contributed by atoms with van der Waals surface area (Å²) in [6, 6.07) is 0. The highest BCUT2D eigenvalue weighted by Gasteiger charge is 1.99. The van der Waals surface area contributed by atoms with E-state index in [2.05, 4.69) is 25.2 Å². The number of imidazole rings is 1. The van der Waals surface area contributed by atoms with Crippen LogP contribution in [-0.4, -0.2) is 36.0 Å². The first kappa shape index (κ1) is 12.2. The predicted octanol–water partition coefficient (Wildman–Crippen LogP) is 0.636. The third-order valence-corrected chi connectivity index (χ3v) is 1.56. The Hall–Kier alpha value is -1.89. The third kappa shape index (κ3) is 4.09. The highest BCUT2D eigenvalue weighted by Crippen LogP contribution is 1.95. The molecule has 0 fully saturated rings. The summed E-state index contributed by atoms with van der Waals surface area (Å²) in [6.45, 7) is 2.43. The maximum absolute atomic E-state index is 10.8. The molecule has 7 heteroatoms. The molecule has 88 valence electrons. The van der Waals surface area contributed by atoms with E-state index in [1.54, 1.807) is 20.2 Å². The van der Waals surface area contributed by atoms with Crippen LogP contribution in [0.3, 0.4) is 0 Å². The van der Waals surface area contributed by atoms with Crippen LogP contribution < -0.4 is 5.43 Å². The Morgan fingerprint density at radius 1 is 1.75 bits per heavy atom. The quantitative estimate of drug-likeness (QED) is 0.569. The van der Waals surface area contributed by atoms with Crippen LogP contribution in [0.25, 0.3) is 0 Å². The monoisotopic (exact) mass is 226 g/mol. The molecule has 0 aliphatic rings. The van der Waals surface area contributed by atoms with Crippen LogP contribution in [0.15, 0.2) is 11.3 Å². The average Bonchev–Trinajstić information content (AvgIpc) is 2.67. The number of H-pyrrole nitrogens is 1. The van der Waals surface area contributed by atoms with Gasteiger partial charge in [-0.25, -0.2) is 15.2 Å². The van der Waals surface area contributed by atoms with Gasteiger partial charge in [0.1, 0.15) is 18.1 Å². The summed E-state index contributed by atoms with van der Waals surface area (Å²) in [4.78, 5) is 17.9. The summed E-state index contributed by atoms with van der Waals surface area (Å²) < 4.78 is 9.50. The number of carbonyl (C=O) groups is 1. The van der Waals surface area contributed by atoms with Crippen molar-refractivity contribution in [2.24, 2.45) is 5.10 Å². The zero-order valence-electron chi connectivity index (χ0n) is 9.19. The van der Waals surface area contributed by atoms with Crippen LogP contribution in [-0.2, 0) is 16.1 Å². The predicted molar refractivity (Wildman–Crippen MR) is 57.1 cm³/mol. The van der Waals surface area contributed by atoms with Gasteiger partial charge in [-0.1, -0.05) is 0 Å². The van der Waals surface area contributed by atoms with E-state index < -0.39 is 6.09 Å². The Morgan fingerprint density at radius 2 is 2.56 bits per heavy atom. The number of hydrazone groups is 1. The molecule has 0 aliphatic carbocycles. The molecular formula is C9H14N4O3. The lowest BCUT2D eigenvalue weighted by Crippen LogP contribution is -2.18. The molecule has 0 radical (unpaired) electrons. The fraction of sp³-hybridized carbons (Fsp3) is 0.444. The maximum atomic E-state index is 10.8. The summed E-state index contributed by atoms with van der Waals surface area (Å²) in [5.74, 6) is 0.695. The Bertz CT molecular complexity index is 361. The van der Waals surface area contributed by atoms with Crippen LogP contribution in [0.5, 0.6) is 0 Å². The molecule has 0 aliphatic heterocycles. The summed E-state index contributed by atoms with van der Waals surface area (Å²) in [6.07, 6.45) is 2.48. The van der Waals surface area contributed by atoms with Gasteiger partial charge in [0, 0.05) is 13.3 Å². The minimum Gasteiger partial charge on any atom is -0.449 e. The normalized spacial score (nSPS) is 10.6. The van der Waals surface area contributed by atoms with Gasteiger partial charge in [-0.2, -0.15) is 5.10 Å². The highest BCUT2D eigenvalue weighted by atomic mass is 16.5. The topological polar surface area (TPSA) is 88.6 Å². The van der Waals surface area contributed by atoms with E-state index in [0.29, 0.717) is 24.7 Å². The van der Waals surface area contributed by atoms with Crippen LogP contribution in [0.1, 0.15) is 18.4 Å². The summed E-state index contributed by atoms with van der Waals surface area (Å²) in [5.41, 5.74) is 2.80. The number of methoxy groups -OCH3 is 1. The lowest BCUT2D eigenvalue weighted by molar-refractivity contribution is 0.152. The Balaban J connectivity index is 2.40. The number of hydrogen-bond acceptors (Lipinski definition) is 5. The molecular weight excluding hydrogens is 212 g/mol. The molecule has 1 aromatic heterocycles. The van der Waals surface area contributed by atoms with E-state index in [1.165, 1.54) is 6.21 Å². The van der Waals surface area contributed by atoms with Crippen molar-refractivity contribution in [3.05, 3.63) is 17.7 Å². The molecule has 1 heterocycles. The van der Waals surface area contributed by atoms with E-state index in [9.17, 15) is 4.79 Å². The van der Waals surface area contributed by atoms with Gasteiger partial charge >= 0.3 is 6.09 Å². The summed E-state index contributed by atoms with van der Waals surface area (Å²) in [5, 5.41) is 3.66. The van der Waals surface area contributed by atoms with E-state index in [0.717, 1.165) is 0 Å². The van der Waals surface area contributed by atoms with Gasteiger partial charge in [0.2, 0.25) is 0 Å². The van der Waals surface area contributed by atoms with Crippen LogP contribution in [0, 0.1) is 0 Å². The van der Waals surface area contributed by atoms with E-state index in [4.69, 9.17) is 4.74 Å². The van der Waals surface area contributed by atoms with Crippen LogP contribution in [0.4, 0.5) is 4.79 Å².